The molecule has 0 radical (unpaired) electrons. The van der Waals surface area contributed by atoms with Gasteiger partial charge in [-0.2, -0.15) is 0 Å². The minimum atomic E-state index is -0.630. The molecule has 1 heterocycles. The van der Waals surface area contributed by atoms with Crippen molar-refractivity contribution in [2.24, 2.45) is 5.92 Å². The molecule has 1 aliphatic heterocycles. The molecule has 4 rings (SSSR count). The summed E-state index contributed by atoms with van der Waals surface area (Å²) in [5.74, 6) is 0.498. The van der Waals surface area contributed by atoms with Crippen LogP contribution in [0.2, 0.25) is 0 Å². The number of ether oxygens (including phenoxy) is 3. The van der Waals surface area contributed by atoms with Crippen LogP contribution in [0.25, 0.3) is 6.08 Å². The molecule has 0 bridgehead atoms. The fraction of sp³-hybridized carbons (Fsp3) is 0.545. The van der Waals surface area contributed by atoms with E-state index in [2.05, 4.69) is 11.8 Å². The highest BCUT2D eigenvalue weighted by Gasteiger charge is 2.35. The van der Waals surface area contributed by atoms with Crippen LogP contribution in [0.3, 0.4) is 0 Å². The molecule has 6 nitrogen and oxygen atoms in total. The van der Waals surface area contributed by atoms with E-state index in [-0.39, 0.29) is 17.5 Å². The van der Waals surface area contributed by atoms with Crippen molar-refractivity contribution in [2.75, 3.05) is 41.0 Å². The molecule has 41 heavy (non-hydrogen) atoms. The fourth-order valence-corrected chi connectivity index (χ4v) is 6.57. The van der Waals surface area contributed by atoms with E-state index in [9.17, 15) is 13.6 Å². The first-order valence-corrected chi connectivity index (χ1v) is 14.7. The largest absolute Gasteiger partial charge is 0.493 e. The molecule has 8 heteroatoms. The maximum absolute atomic E-state index is 14.4. The summed E-state index contributed by atoms with van der Waals surface area (Å²) in [5.41, 5.74) is 1.50. The van der Waals surface area contributed by atoms with E-state index in [4.69, 9.17) is 14.2 Å². The molecule has 2 fully saturated rings. The molecule has 224 valence electrons. The van der Waals surface area contributed by atoms with Crippen LogP contribution in [0.1, 0.15) is 74.7 Å². The number of carbonyl (C=O) groups excluding carboxylic acids is 1. The number of likely N-dealkylation sites (tertiary alicyclic amines) is 1. The summed E-state index contributed by atoms with van der Waals surface area (Å²) in [7, 11) is 4.58. The van der Waals surface area contributed by atoms with Crippen molar-refractivity contribution < 1.29 is 27.8 Å². The zero-order valence-electron chi connectivity index (χ0n) is 25.1. The fourth-order valence-electron chi connectivity index (χ4n) is 6.57. The number of methoxy groups -OCH3 is 3. The van der Waals surface area contributed by atoms with Crippen molar-refractivity contribution >= 4 is 12.0 Å². The van der Waals surface area contributed by atoms with E-state index in [1.54, 1.807) is 18.2 Å². The zero-order chi connectivity index (χ0) is 29.5. The Morgan fingerprint density at radius 1 is 1.00 bits per heavy atom. The summed E-state index contributed by atoms with van der Waals surface area (Å²) in [5, 5.41) is 0. The Kier molecular flexibility index (Phi) is 10.6. The van der Waals surface area contributed by atoms with Crippen LogP contribution in [0.5, 0.6) is 17.2 Å². The third-order valence-corrected chi connectivity index (χ3v) is 8.71. The van der Waals surface area contributed by atoms with Gasteiger partial charge in [0.25, 0.3) is 5.91 Å². The highest BCUT2D eigenvalue weighted by atomic mass is 19.1. The molecule has 2 aromatic carbocycles. The van der Waals surface area contributed by atoms with Crippen molar-refractivity contribution in [3.05, 3.63) is 58.7 Å². The lowest BCUT2D eigenvalue weighted by Crippen LogP contribution is -2.48. The maximum atomic E-state index is 14.4. The van der Waals surface area contributed by atoms with Crippen LogP contribution in [-0.4, -0.2) is 68.8 Å². The van der Waals surface area contributed by atoms with Crippen molar-refractivity contribution in [1.82, 2.24) is 9.80 Å². The summed E-state index contributed by atoms with van der Waals surface area (Å²) in [4.78, 5) is 18.6. The topological polar surface area (TPSA) is 51.2 Å². The summed E-state index contributed by atoms with van der Waals surface area (Å²) in [6.45, 7) is 6.10. The smallest absolute Gasteiger partial charge is 0.254 e. The zero-order valence-corrected chi connectivity index (χ0v) is 25.1. The third-order valence-electron chi connectivity index (χ3n) is 8.71. The lowest BCUT2D eigenvalue weighted by molar-refractivity contribution is 0.0645. The number of amides is 1. The summed E-state index contributed by atoms with van der Waals surface area (Å²) < 4.78 is 44.4. The van der Waals surface area contributed by atoms with Gasteiger partial charge in [0.2, 0.25) is 5.75 Å². The minimum Gasteiger partial charge on any atom is -0.493 e. The Hall–Kier alpha value is -3.13. The average molecular weight is 571 g/mol. The molecule has 1 saturated heterocycles. The van der Waals surface area contributed by atoms with Gasteiger partial charge in [-0.3, -0.25) is 9.69 Å². The van der Waals surface area contributed by atoms with E-state index >= 15 is 0 Å². The number of benzene rings is 2. The SMILES string of the molecule is COc1cc(C(=O)N(CC(C)=Cc2ccc(F)cc2F)CC2CCCN2C(C)C2CCCCC2)cc(OC)c1OC. The van der Waals surface area contributed by atoms with Gasteiger partial charge in [0.1, 0.15) is 11.6 Å². The van der Waals surface area contributed by atoms with Crippen molar-refractivity contribution in [3.63, 3.8) is 0 Å². The van der Waals surface area contributed by atoms with Gasteiger partial charge in [0.15, 0.2) is 11.5 Å². The second kappa shape index (κ2) is 14.2. The second-order valence-corrected chi connectivity index (χ2v) is 11.4. The molecule has 2 aliphatic rings. The van der Waals surface area contributed by atoms with Gasteiger partial charge in [-0.25, -0.2) is 8.78 Å². The first-order chi connectivity index (χ1) is 19.7. The first kappa shape index (κ1) is 30.8. The number of hydrogen-bond acceptors (Lipinski definition) is 5. The molecule has 2 aromatic rings. The number of carbonyl (C=O) groups is 1. The third kappa shape index (κ3) is 7.39. The predicted octanol–water partition coefficient (Wildman–Crippen LogP) is 6.97. The minimum absolute atomic E-state index is 0.172. The molecular formula is C33H44F2N2O4. The number of hydrogen-bond donors (Lipinski definition) is 0. The Bertz CT molecular complexity index is 1200. The van der Waals surface area contributed by atoms with Crippen LogP contribution < -0.4 is 14.2 Å². The molecule has 2 atom stereocenters. The van der Waals surface area contributed by atoms with Crippen molar-refractivity contribution in [1.29, 1.82) is 0 Å². The molecule has 1 amide bonds. The van der Waals surface area contributed by atoms with Gasteiger partial charge >= 0.3 is 0 Å². The Morgan fingerprint density at radius 2 is 1.68 bits per heavy atom. The molecule has 0 spiro atoms. The first-order valence-electron chi connectivity index (χ1n) is 14.7. The van der Waals surface area contributed by atoms with Crippen LogP contribution in [0.15, 0.2) is 35.9 Å². The summed E-state index contributed by atoms with van der Waals surface area (Å²) >= 11 is 0. The average Bonchev–Trinajstić information content (AvgIpc) is 3.45. The van der Waals surface area contributed by atoms with E-state index in [1.165, 1.54) is 65.6 Å². The van der Waals surface area contributed by atoms with E-state index in [0.717, 1.165) is 31.0 Å². The molecular weight excluding hydrogens is 526 g/mol. The van der Waals surface area contributed by atoms with Crippen LogP contribution in [-0.2, 0) is 0 Å². The molecule has 2 unspecified atom stereocenters. The normalized spacial score (nSPS) is 19.2. The van der Waals surface area contributed by atoms with Crippen LogP contribution in [0, 0.1) is 17.6 Å². The summed E-state index contributed by atoms with van der Waals surface area (Å²) in [6, 6.07) is 7.58. The van der Waals surface area contributed by atoms with Crippen molar-refractivity contribution in [2.45, 2.75) is 70.9 Å². The van der Waals surface area contributed by atoms with E-state index in [1.807, 2.05) is 11.8 Å². The Morgan fingerprint density at radius 3 is 2.29 bits per heavy atom. The molecule has 0 aromatic heterocycles. The van der Waals surface area contributed by atoms with Gasteiger partial charge < -0.3 is 19.1 Å². The van der Waals surface area contributed by atoms with Crippen LogP contribution >= 0.6 is 0 Å². The highest BCUT2D eigenvalue weighted by Crippen LogP contribution is 2.39. The molecule has 1 saturated carbocycles. The van der Waals surface area contributed by atoms with E-state index < -0.39 is 11.6 Å². The molecule has 1 aliphatic carbocycles. The van der Waals surface area contributed by atoms with Crippen LogP contribution in [0.4, 0.5) is 8.78 Å². The Balaban J connectivity index is 1.64. The molecule has 0 N–H and O–H groups in total. The second-order valence-electron chi connectivity index (χ2n) is 11.4. The Labute approximate surface area is 243 Å². The maximum Gasteiger partial charge on any atom is 0.254 e. The lowest BCUT2D eigenvalue weighted by Gasteiger charge is -2.39. The van der Waals surface area contributed by atoms with Gasteiger partial charge in [0, 0.05) is 42.4 Å². The summed E-state index contributed by atoms with van der Waals surface area (Å²) in [6.07, 6.45) is 10.2. The quantitative estimate of drug-likeness (QED) is 0.292. The number of halogens is 2. The van der Waals surface area contributed by atoms with Gasteiger partial charge in [-0.15, -0.1) is 0 Å². The highest BCUT2D eigenvalue weighted by molar-refractivity contribution is 5.96. The number of nitrogens with zero attached hydrogens (tertiary/aromatic N) is 2. The van der Waals surface area contributed by atoms with Crippen molar-refractivity contribution in [3.8, 4) is 17.2 Å². The van der Waals surface area contributed by atoms with E-state index in [0.29, 0.717) is 47.9 Å². The number of rotatable bonds is 11. The van der Waals surface area contributed by atoms with Gasteiger partial charge in [0.05, 0.1) is 21.3 Å². The lowest BCUT2D eigenvalue weighted by atomic mass is 9.83. The predicted molar refractivity (Wildman–Crippen MR) is 158 cm³/mol. The standard InChI is InChI=1S/C33H44F2N2O4/c1-22(16-25-13-14-27(34)19-29(25)35)20-36(33(38)26-17-30(39-3)32(41-5)31(18-26)40-4)21-28-12-9-15-37(28)23(2)24-10-7-6-8-11-24/h13-14,16-19,23-24,28H,6-12,15,20-21H2,1-5H3. The van der Waals surface area contributed by atoms with Gasteiger partial charge in [-0.1, -0.05) is 30.9 Å². The monoisotopic (exact) mass is 570 g/mol. The van der Waals surface area contributed by atoms with Gasteiger partial charge in [-0.05, 0) is 76.3 Å².